The number of hydrogen-bond donors (Lipinski definition) is 3. The summed E-state index contributed by atoms with van der Waals surface area (Å²) in [6, 6.07) is 11.3. The van der Waals surface area contributed by atoms with Crippen LogP contribution in [0.5, 0.6) is 11.5 Å². The number of amides is 1. The highest BCUT2D eigenvalue weighted by atomic mass is 79.9. The van der Waals surface area contributed by atoms with Gasteiger partial charge in [0, 0.05) is 23.3 Å². The average Bonchev–Trinajstić information content (AvgIpc) is 2.69. The van der Waals surface area contributed by atoms with Gasteiger partial charge in [-0.05, 0) is 48.0 Å². The highest BCUT2D eigenvalue weighted by Crippen LogP contribution is 2.33. The minimum absolute atomic E-state index is 0.163. The van der Waals surface area contributed by atoms with Gasteiger partial charge in [0.25, 0.3) is 0 Å². The van der Waals surface area contributed by atoms with Crippen LogP contribution < -0.4 is 10.1 Å². The number of carboxylic acids is 1. The number of carbonyl (C=O) groups is 2. The van der Waals surface area contributed by atoms with Crippen molar-refractivity contribution in [3.63, 3.8) is 0 Å². The van der Waals surface area contributed by atoms with Gasteiger partial charge in [0.15, 0.2) is 17.6 Å². The molecule has 8 nitrogen and oxygen atoms in total. The Morgan fingerprint density at radius 3 is 2.38 bits per heavy atom. The Kier molecular flexibility index (Phi) is 8.05. The van der Waals surface area contributed by atoms with E-state index >= 15 is 0 Å². The van der Waals surface area contributed by atoms with Gasteiger partial charge in [-0.15, -0.1) is 0 Å². The van der Waals surface area contributed by atoms with E-state index < -0.39 is 24.3 Å². The Morgan fingerprint density at radius 2 is 1.83 bits per heavy atom. The molecule has 0 aliphatic carbocycles. The lowest BCUT2D eigenvalue weighted by atomic mass is 10.0. The second kappa shape index (κ2) is 10.5. The normalized spacial score (nSPS) is 12.9. The smallest absolute Gasteiger partial charge is 0.412 e. The van der Waals surface area contributed by atoms with Gasteiger partial charge in [-0.1, -0.05) is 22.0 Å². The Hall–Kier alpha value is -3.04. The summed E-state index contributed by atoms with van der Waals surface area (Å²) in [5, 5.41) is 21.6. The number of aromatic hydroxyl groups is 1. The first-order valence-corrected chi connectivity index (χ1v) is 9.17. The van der Waals surface area contributed by atoms with Gasteiger partial charge in [0.2, 0.25) is 0 Å². The SMILES string of the molecule is COc1ccc([C@H](OC(=O)Nc2ccc(Br)cc2)[C@H](/C=C/C(=O)O)OC)cc1O. The topological polar surface area (TPSA) is 114 Å². The molecule has 0 heterocycles. The van der Waals surface area contributed by atoms with Crippen molar-refractivity contribution in [3.8, 4) is 11.5 Å². The molecule has 1 amide bonds. The number of hydrogen-bond acceptors (Lipinski definition) is 6. The summed E-state index contributed by atoms with van der Waals surface area (Å²) in [6.45, 7) is 0. The maximum absolute atomic E-state index is 12.4. The van der Waals surface area contributed by atoms with Crippen LogP contribution in [-0.4, -0.2) is 42.6 Å². The lowest BCUT2D eigenvalue weighted by Crippen LogP contribution is -2.27. The van der Waals surface area contributed by atoms with Crippen molar-refractivity contribution in [2.75, 3.05) is 19.5 Å². The van der Waals surface area contributed by atoms with Crippen molar-refractivity contribution in [2.45, 2.75) is 12.2 Å². The van der Waals surface area contributed by atoms with Crippen molar-refractivity contribution in [1.82, 2.24) is 0 Å². The minimum Gasteiger partial charge on any atom is -0.504 e. The first kappa shape index (κ1) is 22.3. The lowest BCUT2D eigenvalue weighted by Gasteiger charge is -2.24. The number of ether oxygens (including phenoxy) is 3. The molecule has 2 atom stereocenters. The third kappa shape index (κ3) is 6.51. The number of carboxylic acid groups (broad SMARTS) is 1. The molecule has 0 aromatic heterocycles. The largest absolute Gasteiger partial charge is 0.504 e. The van der Waals surface area contributed by atoms with Crippen molar-refractivity contribution in [3.05, 3.63) is 64.7 Å². The van der Waals surface area contributed by atoms with Crippen LogP contribution in [-0.2, 0) is 14.3 Å². The van der Waals surface area contributed by atoms with Crippen LogP contribution in [0.25, 0.3) is 0 Å². The zero-order valence-corrected chi connectivity index (χ0v) is 17.3. The van der Waals surface area contributed by atoms with E-state index in [4.69, 9.17) is 19.3 Å². The quantitative estimate of drug-likeness (QED) is 0.502. The van der Waals surface area contributed by atoms with Crippen molar-refractivity contribution in [2.24, 2.45) is 0 Å². The number of phenolic OH excluding ortho intramolecular Hbond substituents is 1. The van der Waals surface area contributed by atoms with Gasteiger partial charge >= 0.3 is 12.1 Å². The summed E-state index contributed by atoms with van der Waals surface area (Å²) in [6.07, 6.45) is -0.599. The predicted octanol–water partition coefficient (Wildman–Crippen LogP) is 4.11. The fourth-order valence-electron chi connectivity index (χ4n) is 2.48. The summed E-state index contributed by atoms with van der Waals surface area (Å²) in [5.74, 6) is -1.10. The van der Waals surface area contributed by atoms with Gasteiger partial charge in [0.05, 0.1) is 7.11 Å². The zero-order chi connectivity index (χ0) is 21.4. The van der Waals surface area contributed by atoms with Gasteiger partial charge in [-0.3, -0.25) is 5.32 Å². The monoisotopic (exact) mass is 465 g/mol. The molecule has 0 spiro atoms. The minimum atomic E-state index is -1.18. The number of nitrogens with one attached hydrogen (secondary N) is 1. The zero-order valence-electron chi connectivity index (χ0n) is 15.7. The van der Waals surface area contributed by atoms with Crippen LogP contribution in [0.4, 0.5) is 10.5 Å². The predicted molar refractivity (Wildman–Crippen MR) is 109 cm³/mol. The summed E-state index contributed by atoms with van der Waals surface area (Å²) < 4.78 is 16.7. The maximum Gasteiger partial charge on any atom is 0.412 e. The third-order valence-electron chi connectivity index (χ3n) is 3.86. The summed E-state index contributed by atoms with van der Waals surface area (Å²) in [5.41, 5.74) is 0.890. The van der Waals surface area contributed by atoms with Crippen LogP contribution in [0.3, 0.4) is 0 Å². The molecule has 0 radical (unpaired) electrons. The van der Waals surface area contributed by atoms with Crippen LogP contribution in [0, 0.1) is 0 Å². The van der Waals surface area contributed by atoms with E-state index in [1.165, 1.54) is 32.4 Å². The molecule has 3 N–H and O–H groups in total. The van der Waals surface area contributed by atoms with Gasteiger partial charge in [-0.2, -0.15) is 0 Å². The third-order valence-corrected chi connectivity index (χ3v) is 4.38. The maximum atomic E-state index is 12.4. The van der Waals surface area contributed by atoms with E-state index in [0.29, 0.717) is 11.3 Å². The van der Waals surface area contributed by atoms with E-state index in [2.05, 4.69) is 21.2 Å². The molecule has 9 heteroatoms. The summed E-state index contributed by atoms with van der Waals surface area (Å²) in [4.78, 5) is 23.3. The molecule has 0 fully saturated rings. The van der Waals surface area contributed by atoms with Crippen LogP contribution in [0.15, 0.2) is 59.1 Å². The van der Waals surface area contributed by atoms with E-state index in [-0.39, 0.29) is 11.5 Å². The van der Waals surface area contributed by atoms with Gasteiger partial charge < -0.3 is 24.4 Å². The van der Waals surface area contributed by atoms with Crippen molar-refractivity contribution >= 4 is 33.7 Å². The standard InChI is InChI=1S/C20H20BrNO7/c1-27-16-8-3-12(11-15(16)23)19(17(28-2)9-10-18(24)25)29-20(26)22-14-6-4-13(21)5-7-14/h3-11,17,19,23H,1-2H3,(H,22,26)(H,24,25)/b10-9+/t17-,19-/m0/s1. The highest BCUT2D eigenvalue weighted by Gasteiger charge is 2.27. The number of aliphatic carboxylic acids is 1. The lowest BCUT2D eigenvalue weighted by molar-refractivity contribution is -0.131. The van der Waals surface area contributed by atoms with Gasteiger partial charge in [-0.25, -0.2) is 9.59 Å². The summed E-state index contributed by atoms with van der Waals surface area (Å²) in [7, 11) is 2.76. The summed E-state index contributed by atoms with van der Waals surface area (Å²) >= 11 is 3.31. The molecule has 0 aliphatic rings. The molecule has 2 rings (SSSR count). The van der Waals surface area contributed by atoms with E-state index in [1.54, 1.807) is 30.3 Å². The number of carbonyl (C=O) groups excluding carboxylic acids is 1. The number of halogens is 1. The number of phenols is 1. The Labute approximate surface area is 175 Å². The fourth-order valence-corrected chi connectivity index (χ4v) is 2.75. The van der Waals surface area contributed by atoms with Crippen molar-refractivity contribution in [1.29, 1.82) is 0 Å². The Morgan fingerprint density at radius 1 is 1.14 bits per heavy atom. The fraction of sp³-hybridized carbons (Fsp3) is 0.200. The Bertz CT molecular complexity index is 883. The molecule has 0 bridgehead atoms. The highest BCUT2D eigenvalue weighted by molar-refractivity contribution is 9.10. The van der Waals surface area contributed by atoms with Crippen LogP contribution in [0.2, 0.25) is 0 Å². The first-order chi connectivity index (χ1) is 13.8. The molecular weight excluding hydrogens is 446 g/mol. The molecule has 154 valence electrons. The van der Waals surface area contributed by atoms with E-state index in [1.807, 2.05) is 0 Å². The van der Waals surface area contributed by atoms with Gasteiger partial charge in [0.1, 0.15) is 6.10 Å². The van der Waals surface area contributed by atoms with Crippen molar-refractivity contribution < 1.29 is 34.0 Å². The molecular formula is C20H20BrNO7. The molecule has 2 aromatic rings. The second-order valence-electron chi connectivity index (χ2n) is 5.79. The molecule has 29 heavy (non-hydrogen) atoms. The Balaban J connectivity index is 2.29. The molecule has 2 aromatic carbocycles. The molecule has 0 unspecified atom stereocenters. The second-order valence-corrected chi connectivity index (χ2v) is 6.70. The van der Waals surface area contributed by atoms with E-state index in [0.717, 1.165) is 10.5 Å². The van der Waals surface area contributed by atoms with Crippen LogP contribution >= 0.6 is 15.9 Å². The van der Waals surface area contributed by atoms with Crippen LogP contribution in [0.1, 0.15) is 11.7 Å². The molecule has 0 saturated carbocycles. The first-order valence-electron chi connectivity index (χ1n) is 8.38. The molecule has 0 aliphatic heterocycles. The number of anilines is 1. The number of benzene rings is 2. The number of rotatable bonds is 8. The number of methoxy groups -OCH3 is 2. The molecule has 0 saturated heterocycles. The van der Waals surface area contributed by atoms with E-state index in [9.17, 15) is 14.7 Å². The average molecular weight is 466 g/mol.